The van der Waals surface area contributed by atoms with Gasteiger partial charge in [0.05, 0.1) is 0 Å². The number of benzene rings is 1. The van der Waals surface area contributed by atoms with Crippen LogP contribution in [-0.4, -0.2) is 5.51 Å². The number of halogens is 3. The van der Waals surface area contributed by atoms with E-state index in [1.165, 1.54) is 12.1 Å². The zero-order chi connectivity index (χ0) is 11.5. The van der Waals surface area contributed by atoms with Gasteiger partial charge in [-0.25, -0.2) is 0 Å². The molecule has 0 fully saturated rings. The fourth-order valence-corrected chi connectivity index (χ4v) is 1.80. The molecule has 0 aliphatic heterocycles. The molecular weight excluding hydrogens is 225 g/mol. The third kappa shape index (κ3) is 4.01. The second-order valence-electron chi connectivity index (χ2n) is 2.91. The molecule has 2 nitrogen and oxygen atoms in total. The average molecular weight is 236 g/mol. The quantitative estimate of drug-likeness (QED) is 0.481. The standard InChI is InChI=1S/C9H11F3N2S/c1-2-6-3-7(14-13)5-8(4-6)15-9(10,11)12/h3-5,14H,2,13H2,1H3. The maximum atomic E-state index is 12.1. The molecule has 0 amide bonds. The Kier molecular flexibility index (Phi) is 3.87. The second-order valence-corrected chi connectivity index (χ2v) is 4.05. The first-order chi connectivity index (χ1) is 6.94. The number of rotatable bonds is 3. The number of hydrogen-bond donors (Lipinski definition) is 2. The van der Waals surface area contributed by atoms with E-state index in [9.17, 15) is 13.2 Å². The maximum absolute atomic E-state index is 12.1. The van der Waals surface area contributed by atoms with E-state index in [0.717, 1.165) is 5.56 Å². The van der Waals surface area contributed by atoms with Crippen LogP contribution in [0.5, 0.6) is 0 Å². The van der Waals surface area contributed by atoms with E-state index in [-0.39, 0.29) is 16.7 Å². The fourth-order valence-electron chi connectivity index (χ4n) is 1.14. The minimum absolute atomic E-state index is 0.136. The van der Waals surface area contributed by atoms with Crippen molar-refractivity contribution in [2.24, 2.45) is 5.84 Å². The molecule has 84 valence electrons. The number of aryl methyl sites for hydroxylation is 1. The highest BCUT2D eigenvalue weighted by Crippen LogP contribution is 2.38. The lowest BCUT2D eigenvalue weighted by atomic mass is 10.1. The number of anilines is 1. The van der Waals surface area contributed by atoms with Gasteiger partial charge in [0.15, 0.2) is 0 Å². The van der Waals surface area contributed by atoms with E-state index in [1.807, 2.05) is 6.92 Å². The summed E-state index contributed by atoms with van der Waals surface area (Å²) in [6.45, 7) is 1.87. The highest BCUT2D eigenvalue weighted by Gasteiger charge is 2.29. The van der Waals surface area contributed by atoms with E-state index >= 15 is 0 Å². The van der Waals surface area contributed by atoms with Crippen molar-refractivity contribution in [1.29, 1.82) is 0 Å². The molecule has 0 saturated carbocycles. The Morgan fingerprint density at radius 2 is 2.00 bits per heavy atom. The van der Waals surface area contributed by atoms with Gasteiger partial charge in [-0.2, -0.15) is 13.2 Å². The minimum Gasteiger partial charge on any atom is -0.324 e. The number of nitrogen functional groups attached to an aromatic ring is 1. The molecule has 0 aliphatic rings. The molecule has 15 heavy (non-hydrogen) atoms. The first-order valence-electron chi connectivity index (χ1n) is 4.31. The first kappa shape index (κ1) is 12.2. The zero-order valence-electron chi connectivity index (χ0n) is 8.06. The predicted molar refractivity (Wildman–Crippen MR) is 55.5 cm³/mol. The summed E-state index contributed by atoms with van der Waals surface area (Å²) < 4.78 is 36.4. The van der Waals surface area contributed by atoms with Crippen LogP contribution in [0.25, 0.3) is 0 Å². The van der Waals surface area contributed by atoms with Gasteiger partial charge >= 0.3 is 5.51 Å². The predicted octanol–water partition coefficient (Wildman–Crippen LogP) is 3.15. The summed E-state index contributed by atoms with van der Waals surface area (Å²) in [5.41, 5.74) is -0.615. The Morgan fingerprint density at radius 1 is 1.33 bits per heavy atom. The molecule has 0 radical (unpaired) electrons. The third-order valence-electron chi connectivity index (χ3n) is 1.77. The van der Waals surface area contributed by atoms with E-state index in [2.05, 4.69) is 5.43 Å². The lowest BCUT2D eigenvalue weighted by molar-refractivity contribution is -0.0328. The van der Waals surface area contributed by atoms with Gasteiger partial charge in [0.1, 0.15) is 0 Å². The van der Waals surface area contributed by atoms with Crippen LogP contribution in [-0.2, 0) is 6.42 Å². The highest BCUT2D eigenvalue weighted by atomic mass is 32.2. The number of hydrazine groups is 1. The lowest BCUT2D eigenvalue weighted by Crippen LogP contribution is -2.07. The van der Waals surface area contributed by atoms with Gasteiger partial charge in [0.2, 0.25) is 0 Å². The van der Waals surface area contributed by atoms with Crippen LogP contribution in [0, 0.1) is 0 Å². The van der Waals surface area contributed by atoms with Crippen LogP contribution in [0.4, 0.5) is 18.9 Å². The molecule has 0 aliphatic carbocycles. The van der Waals surface area contributed by atoms with Crippen molar-refractivity contribution >= 4 is 17.4 Å². The number of hydrogen-bond acceptors (Lipinski definition) is 3. The summed E-state index contributed by atoms with van der Waals surface area (Å²) in [6, 6.07) is 4.61. The Hall–Kier alpha value is -0.880. The molecule has 3 N–H and O–H groups in total. The van der Waals surface area contributed by atoms with Gasteiger partial charge in [0, 0.05) is 10.6 Å². The van der Waals surface area contributed by atoms with Crippen molar-refractivity contribution in [3.8, 4) is 0 Å². The van der Waals surface area contributed by atoms with E-state index in [1.54, 1.807) is 6.07 Å². The molecule has 0 bridgehead atoms. The van der Waals surface area contributed by atoms with Gasteiger partial charge in [-0.3, -0.25) is 5.84 Å². The van der Waals surface area contributed by atoms with Crippen molar-refractivity contribution < 1.29 is 13.2 Å². The largest absolute Gasteiger partial charge is 0.446 e. The summed E-state index contributed by atoms with van der Waals surface area (Å²) in [5.74, 6) is 5.17. The minimum atomic E-state index is -4.27. The van der Waals surface area contributed by atoms with Gasteiger partial charge in [-0.1, -0.05) is 6.92 Å². The number of nitrogens with one attached hydrogen (secondary N) is 1. The Balaban J connectivity index is 2.97. The van der Waals surface area contributed by atoms with Gasteiger partial charge in [-0.05, 0) is 41.9 Å². The van der Waals surface area contributed by atoms with Crippen molar-refractivity contribution in [1.82, 2.24) is 0 Å². The normalized spacial score (nSPS) is 11.5. The van der Waals surface area contributed by atoms with Crippen LogP contribution < -0.4 is 11.3 Å². The molecule has 1 aromatic carbocycles. The smallest absolute Gasteiger partial charge is 0.324 e. The van der Waals surface area contributed by atoms with E-state index < -0.39 is 5.51 Å². The second kappa shape index (κ2) is 4.76. The average Bonchev–Trinajstić information content (AvgIpc) is 2.14. The molecule has 6 heteroatoms. The molecule has 0 aromatic heterocycles. The molecule has 1 rings (SSSR count). The Morgan fingerprint density at radius 3 is 2.47 bits per heavy atom. The lowest BCUT2D eigenvalue weighted by Gasteiger charge is -2.09. The van der Waals surface area contributed by atoms with Crippen LogP contribution >= 0.6 is 11.8 Å². The zero-order valence-corrected chi connectivity index (χ0v) is 8.88. The van der Waals surface area contributed by atoms with Gasteiger partial charge in [-0.15, -0.1) is 0 Å². The van der Waals surface area contributed by atoms with Gasteiger partial charge in [0.25, 0.3) is 0 Å². The monoisotopic (exact) mass is 236 g/mol. The SMILES string of the molecule is CCc1cc(NN)cc(SC(F)(F)F)c1. The van der Waals surface area contributed by atoms with Gasteiger partial charge < -0.3 is 5.43 Å². The van der Waals surface area contributed by atoms with Crippen LogP contribution in [0.2, 0.25) is 0 Å². The molecule has 1 aromatic rings. The van der Waals surface area contributed by atoms with Crippen LogP contribution in [0.15, 0.2) is 23.1 Å². The topological polar surface area (TPSA) is 38.0 Å². The molecule has 0 spiro atoms. The summed E-state index contributed by atoms with van der Waals surface area (Å²) in [6.07, 6.45) is 0.668. The fraction of sp³-hybridized carbons (Fsp3) is 0.333. The van der Waals surface area contributed by atoms with E-state index in [0.29, 0.717) is 12.1 Å². The Labute approximate surface area is 90.0 Å². The number of thioether (sulfide) groups is 1. The Bertz CT molecular complexity index is 316. The summed E-state index contributed by atoms with van der Waals surface area (Å²) in [7, 11) is 0. The molecule has 0 heterocycles. The molecule has 0 atom stereocenters. The molecule has 0 saturated heterocycles. The maximum Gasteiger partial charge on any atom is 0.446 e. The summed E-state index contributed by atoms with van der Waals surface area (Å²) in [4.78, 5) is 0.148. The van der Waals surface area contributed by atoms with Crippen molar-refractivity contribution in [2.75, 3.05) is 5.43 Å². The van der Waals surface area contributed by atoms with Crippen molar-refractivity contribution in [3.05, 3.63) is 23.8 Å². The third-order valence-corrected chi connectivity index (χ3v) is 2.48. The number of alkyl halides is 3. The molecular formula is C9H11F3N2S. The summed E-state index contributed by atoms with van der Waals surface area (Å²) >= 11 is -0.136. The summed E-state index contributed by atoms with van der Waals surface area (Å²) in [5, 5.41) is 0. The van der Waals surface area contributed by atoms with Crippen LogP contribution in [0.1, 0.15) is 12.5 Å². The first-order valence-corrected chi connectivity index (χ1v) is 5.12. The van der Waals surface area contributed by atoms with Crippen molar-refractivity contribution in [3.63, 3.8) is 0 Å². The van der Waals surface area contributed by atoms with Crippen molar-refractivity contribution in [2.45, 2.75) is 23.7 Å². The van der Waals surface area contributed by atoms with Crippen LogP contribution in [0.3, 0.4) is 0 Å². The molecule has 0 unspecified atom stereocenters. The number of nitrogens with two attached hydrogens (primary N) is 1. The highest BCUT2D eigenvalue weighted by molar-refractivity contribution is 8.00. The van der Waals surface area contributed by atoms with E-state index in [4.69, 9.17) is 5.84 Å².